The highest BCUT2D eigenvalue weighted by molar-refractivity contribution is 9.10. The van der Waals surface area contributed by atoms with Gasteiger partial charge in [-0.25, -0.2) is 0 Å². The summed E-state index contributed by atoms with van der Waals surface area (Å²) in [6, 6.07) is 1.89. The van der Waals surface area contributed by atoms with E-state index in [0.29, 0.717) is 0 Å². The van der Waals surface area contributed by atoms with Gasteiger partial charge in [0.2, 0.25) is 0 Å². The second-order valence-corrected chi connectivity index (χ2v) is 5.93. The predicted molar refractivity (Wildman–Crippen MR) is 72.0 cm³/mol. The largest absolute Gasteiger partial charge is 0.345 e. The molecular formula is C10H13Br2NOS. The lowest BCUT2D eigenvalue weighted by atomic mass is 10.0. The Morgan fingerprint density at radius 2 is 2.33 bits per heavy atom. The minimum Gasteiger partial charge on any atom is -0.345 e. The minimum atomic E-state index is -0.180. The van der Waals surface area contributed by atoms with Crippen molar-refractivity contribution in [3.63, 3.8) is 0 Å². The molecule has 0 aliphatic rings. The van der Waals surface area contributed by atoms with Gasteiger partial charge in [-0.2, -0.15) is 0 Å². The highest BCUT2D eigenvalue weighted by Gasteiger charge is 2.24. The zero-order chi connectivity index (χ0) is 11.5. The van der Waals surface area contributed by atoms with Crippen LogP contribution in [0.2, 0.25) is 0 Å². The first-order chi connectivity index (χ1) is 7.02. The van der Waals surface area contributed by atoms with Crippen molar-refractivity contribution in [3.8, 4) is 0 Å². The van der Waals surface area contributed by atoms with Gasteiger partial charge in [0.25, 0.3) is 5.91 Å². The highest BCUT2D eigenvalue weighted by Crippen LogP contribution is 2.23. The lowest BCUT2D eigenvalue weighted by molar-refractivity contribution is 0.0917. The molecule has 84 valence electrons. The van der Waals surface area contributed by atoms with E-state index in [9.17, 15) is 4.79 Å². The molecule has 1 aromatic rings. The Balaban J connectivity index is 2.76. The number of thiophene rings is 1. The maximum Gasteiger partial charge on any atom is 0.262 e. The first kappa shape index (κ1) is 13.2. The van der Waals surface area contributed by atoms with E-state index in [0.717, 1.165) is 21.1 Å². The smallest absolute Gasteiger partial charge is 0.262 e. The topological polar surface area (TPSA) is 29.1 Å². The van der Waals surface area contributed by atoms with Crippen LogP contribution in [-0.2, 0) is 0 Å². The number of hydrogen-bond donors (Lipinski definition) is 1. The summed E-state index contributed by atoms with van der Waals surface area (Å²) in [6.07, 6.45) is 0.896. The summed E-state index contributed by atoms with van der Waals surface area (Å²) in [5, 5.41) is 5.68. The molecule has 1 unspecified atom stereocenters. The van der Waals surface area contributed by atoms with Crippen LogP contribution in [0.15, 0.2) is 15.9 Å². The Morgan fingerprint density at radius 3 is 2.73 bits per heavy atom. The fourth-order valence-corrected chi connectivity index (χ4v) is 2.99. The number of carbonyl (C=O) groups is 1. The van der Waals surface area contributed by atoms with Crippen molar-refractivity contribution in [2.24, 2.45) is 0 Å². The second-order valence-electron chi connectivity index (χ2n) is 3.60. The lowest BCUT2D eigenvalue weighted by Crippen LogP contribution is -2.46. The van der Waals surface area contributed by atoms with Crippen LogP contribution in [-0.4, -0.2) is 16.8 Å². The Morgan fingerprint density at radius 1 is 1.67 bits per heavy atom. The summed E-state index contributed by atoms with van der Waals surface area (Å²) in [5.74, 6) is -0.0133. The molecule has 1 atom stereocenters. The molecule has 2 nitrogen and oxygen atoms in total. The lowest BCUT2D eigenvalue weighted by Gasteiger charge is -2.27. The van der Waals surface area contributed by atoms with Crippen LogP contribution in [0.5, 0.6) is 0 Å². The molecule has 15 heavy (non-hydrogen) atoms. The van der Waals surface area contributed by atoms with Crippen molar-refractivity contribution in [1.29, 1.82) is 0 Å². The average Bonchev–Trinajstić information content (AvgIpc) is 2.64. The molecule has 0 aliphatic carbocycles. The Hall–Kier alpha value is 0.130. The molecule has 5 heteroatoms. The van der Waals surface area contributed by atoms with E-state index in [-0.39, 0.29) is 11.4 Å². The van der Waals surface area contributed by atoms with Crippen LogP contribution >= 0.6 is 43.2 Å². The zero-order valence-corrected chi connectivity index (χ0v) is 12.6. The van der Waals surface area contributed by atoms with Crippen molar-refractivity contribution < 1.29 is 4.79 Å². The number of carbonyl (C=O) groups excluding carboxylic acids is 1. The molecule has 0 aliphatic heterocycles. The molecule has 0 bridgehead atoms. The minimum absolute atomic E-state index is 0.0133. The Bertz CT molecular complexity index is 347. The molecule has 1 amide bonds. The quantitative estimate of drug-likeness (QED) is 0.818. The number of alkyl halides is 1. The van der Waals surface area contributed by atoms with Gasteiger partial charge in [-0.3, -0.25) is 4.79 Å². The first-order valence-electron chi connectivity index (χ1n) is 4.64. The standard InChI is InChI=1S/C10H13Br2NOS/c1-3-10(2,6-11)13-9(14)8-7(12)4-5-15-8/h4-5H,3,6H2,1-2H3,(H,13,14). The number of rotatable bonds is 4. The molecule has 0 fully saturated rings. The van der Waals surface area contributed by atoms with E-state index in [2.05, 4.69) is 44.1 Å². The third-order valence-corrected chi connectivity index (χ3v) is 5.39. The van der Waals surface area contributed by atoms with Crippen LogP contribution in [0.4, 0.5) is 0 Å². The average molecular weight is 355 g/mol. The van der Waals surface area contributed by atoms with Gasteiger partial charge in [-0.15, -0.1) is 11.3 Å². The second kappa shape index (κ2) is 5.46. The van der Waals surface area contributed by atoms with E-state index in [1.165, 1.54) is 11.3 Å². The van der Waals surface area contributed by atoms with E-state index >= 15 is 0 Å². The maximum absolute atomic E-state index is 11.9. The van der Waals surface area contributed by atoms with E-state index in [4.69, 9.17) is 0 Å². The van der Waals surface area contributed by atoms with Crippen LogP contribution < -0.4 is 5.32 Å². The molecule has 0 saturated heterocycles. The molecular weight excluding hydrogens is 342 g/mol. The Labute approximate surface area is 111 Å². The van der Waals surface area contributed by atoms with Gasteiger partial charge in [0.05, 0.1) is 0 Å². The SMILES string of the molecule is CCC(C)(CBr)NC(=O)c1sccc1Br. The summed E-state index contributed by atoms with van der Waals surface area (Å²) in [4.78, 5) is 12.6. The van der Waals surface area contributed by atoms with E-state index in [1.807, 2.05) is 18.4 Å². The van der Waals surface area contributed by atoms with Crippen LogP contribution in [0.3, 0.4) is 0 Å². The Kier molecular flexibility index (Phi) is 4.80. The molecule has 0 saturated carbocycles. The van der Waals surface area contributed by atoms with Crippen molar-refractivity contribution in [2.45, 2.75) is 25.8 Å². The summed E-state index contributed by atoms with van der Waals surface area (Å²) >= 11 is 8.22. The summed E-state index contributed by atoms with van der Waals surface area (Å²) in [7, 11) is 0. The molecule has 1 heterocycles. The van der Waals surface area contributed by atoms with Crippen molar-refractivity contribution in [1.82, 2.24) is 5.32 Å². The molecule has 1 N–H and O–H groups in total. The van der Waals surface area contributed by atoms with Gasteiger partial charge in [0, 0.05) is 15.3 Å². The van der Waals surface area contributed by atoms with Crippen molar-refractivity contribution in [3.05, 3.63) is 20.8 Å². The number of nitrogens with one attached hydrogen (secondary N) is 1. The van der Waals surface area contributed by atoms with Crippen LogP contribution in [0, 0.1) is 0 Å². The molecule has 0 radical (unpaired) electrons. The van der Waals surface area contributed by atoms with Crippen LogP contribution in [0.25, 0.3) is 0 Å². The third kappa shape index (κ3) is 3.29. The van der Waals surface area contributed by atoms with Gasteiger partial charge >= 0.3 is 0 Å². The molecule has 1 aromatic heterocycles. The fraction of sp³-hybridized carbons (Fsp3) is 0.500. The van der Waals surface area contributed by atoms with Gasteiger partial charge in [0.15, 0.2) is 0 Å². The summed E-state index contributed by atoms with van der Waals surface area (Å²) < 4.78 is 0.859. The zero-order valence-electron chi connectivity index (χ0n) is 8.64. The maximum atomic E-state index is 11.9. The monoisotopic (exact) mass is 353 g/mol. The van der Waals surface area contributed by atoms with Gasteiger partial charge < -0.3 is 5.32 Å². The first-order valence-corrected chi connectivity index (χ1v) is 7.43. The van der Waals surface area contributed by atoms with Crippen molar-refractivity contribution >= 4 is 49.1 Å². The third-order valence-electron chi connectivity index (χ3n) is 2.31. The summed E-state index contributed by atoms with van der Waals surface area (Å²) in [5.41, 5.74) is -0.180. The summed E-state index contributed by atoms with van der Waals surface area (Å²) in [6.45, 7) is 4.09. The number of hydrogen-bond acceptors (Lipinski definition) is 2. The van der Waals surface area contributed by atoms with E-state index in [1.54, 1.807) is 0 Å². The van der Waals surface area contributed by atoms with Gasteiger partial charge in [-0.05, 0) is 40.7 Å². The molecule has 0 spiro atoms. The van der Waals surface area contributed by atoms with Gasteiger partial charge in [-0.1, -0.05) is 22.9 Å². The molecule has 0 aromatic carbocycles. The molecule has 1 rings (SSSR count). The van der Waals surface area contributed by atoms with Gasteiger partial charge in [0.1, 0.15) is 4.88 Å². The van der Waals surface area contributed by atoms with E-state index < -0.39 is 0 Å². The van der Waals surface area contributed by atoms with Crippen LogP contribution in [0.1, 0.15) is 29.9 Å². The highest BCUT2D eigenvalue weighted by atomic mass is 79.9. The van der Waals surface area contributed by atoms with Crippen molar-refractivity contribution in [2.75, 3.05) is 5.33 Å². The number of amides is 1. The number of halogens is 2. The fourth-order valence-electron chi connectivity index (χ4n) is 1.00. The predicted octanol–water partition coefficient (Wildman–Crippen LogP) is 3.80. The normalized spacial score (nSPS) is 14.7.